The van der Waals surface area contributed by atoms with Crippen LogP contribution in [0.1, 0.15) is 28.9 Å². The molecule has 7 nitrogen and oxygen atoms in total. The number of halogens is 1. The summed E-state index contributed by atoms with van der Waals surface area (Å²) in [4.78, 5) is 26.6. The van der Waals surface area contributed by atoms with Crippen LogP contribution in [0.15, 0.2) is 54.7 Å². The Morgan fingerprint density at radius 3 is 2.39 bits per heavy atom. The Labute approximate surface area is 179 Å². The van der Waals surface area contributed by atoms with E-state index in [-0.39, 0.29) is 23.4 Å². The Bertz CT molecular complexity index is 1120. The monoisotopic (exact) mass is 421 g/mol. The summed E-state index contributed by atoms with van der Waals surface area (Å²) in [6, 6.07) is 13.8. The maximum atomic E-state index is 14.2. The number of hydrogen-bond donors (Lipinski definition) is 2. The van der Waals surface area contributed by atoms with Gasteiger partial charge in [0.15, 0.2) is 0 Å². The van der Waals surface area contributed by atoms with Crippen molar-refractivity contribution < 1.29 is 14.0 Å². The summed E-state index contributed by atoms with van der Waals surface area (Å²) >= 11 is 0. The van der Waals surface area contributed by atoms with Crippen molar-refractivity contribution in [1.29, 1.82) is 0 Å². The quantitative estimate of drug-likeness (QED) is 0.661. The Morgan fingerprint density at radius 2 is 1.71 bits per heavy atom. The third kappa shape index (κ3) is 4.14. The number of carbonyl (C=O) groups is 2. The van der Waals surface area contributed by atoms with Crippen molar-refractivity contribution in [3.63, 3.8) is 0 Å². The normalized spacial score (nSPS) is 14.5. The second-order valence-electron chi connectivity index (χ2n) is 7.64. The molecule has 0 aliphatic carbocycles. The minimum Gasteiger partial charge on any atom is -0.370 e. The van der Waals surface area contributed by atoms with Crippen molar-refractivity contribution in [2.24, 2.45) is 11.7 Å². The average Bonchev–Trinajstić information content (AvgIpc) is 3.16. The second kappa shape index (κ2) is 8.59. The molecule has 0 radical (unpaired) electrons. The highest BCUT2D eigenvalue weighted by Crippen LogP contribution is 2.30. The number of rotatable bonds is 5. The van der Waals surface area contributed by atoms with E-state index in [0.29, 0.717) is 42.9 Å². The number of nitrogens with zero attached hydrogens (tertiary/aromatic N) is 3. The van der Waals surface area contributed by atoms with E-state index < -0.39 is 5.82 Å². The van der Waals surface area contributed by atoms with Gasteiger partial charge in [0.1, 0.15) is 11.5 Å². The van der Waals surface area contributed by atoms with Gasteiger partial charge in [0.05, 0.1) is 28.8 Å². The fourth-order valence-corrected chi connectivity index (χ4v) is 3.95. The summed E-state index contributed by atoms with van der Waals surface area (Å²) in [6.45, 7) is 3.10. The van der Waals surface area contributed by atoms with E-state index in [2.05, 4.69) is 15.3 Å². The topological polar surface area (TPSA) is 93.2 Å². The first kappa shape index (κ1) is 20.6. The van der Waals surface area contributed by atoms with Crippen LogP contribution in [0.4, 0.5) is 15.8 Å². The molecule has 2 heterocycles. The van der Waals surface area contributed by atoms with Gasteiger partial charge in [-0.15, -0.1) is 0 Å². The number of aromatic nitrogens is 2. The van der Waals surface area contributed by atoms with Gasteiger partial charge >= 0.3 is 0 Å². The van der Waals surface area contributed by atoms with Gasteiger partial charge in [-0.2, -0.15) is 5.10 Å². The van der Waals surface area contributed by atoms with E-state index in [1.807, 2.05) is 24.3 Å². The second-order valence-corrected chi connectivity index (χ2v) is 7.64. The van der Waals surface area contributed by atoms with E-state index in [0.717, 1.165) is 5.69 Å². The highest BCUT2D eigenvalue weighted by molar-refractivity contribution is 6.06. The minimum atomic E-state index is -0.412. The number of carbonyl (C=O) groups excluding carboxylic acids is 2. The molecule has 1 fully saturated rings. The van der Waals surface area contributed by atoms with Gasteiger partial charge in [-0.3, -0.25) is 9.59 Å². The fraction of sp³-hybridized carbons (Fsp3) is 0.261. The van der Waals surface area contributed by atoms with Gasteiger partial charge in [0.25, 0.3) is 5.91 Å². The summed E-state index contributed by atoms with van der Waals surface area (Å²) in [5, 5.41) is 7.17. The Balaban J connectivity index is 1.54. The van der Waals surface area contributed by atoms with Gasteiger partial charge in [-0.1, -0.05) is 24.3 Å². The lowest BCUT2D eigenvalue weighted by atomic mass is 9.96. The SMILES string of the molecule is Cc1c(C(=O)Nc2ccccc2N2CCC(C(N)=O)CC2)cnn1-c1ccccc1F. The molecule has 160 valence electrons. The lowest BCUT2D eigenvalue weighted by Gasteiger charge is -2.33. The number of hydrogen-bond acceptors (Lipinski definition) is 4. The van der Waals surface area contributed by atoms with Crippen LogP contribution >= 0.6 is 0 Å². The molecule has 3 N–H and O–H groups in total. The third-order valence-electron chi connectivity index (χ3n) is 5.73. The first-order valence-electron chi connectivity index (χ1n) is 10.2. The standard InChI is InChI=1S/C23H24FN5O2/c1-15-17(14-26-29(15)20-8-4-2-6-18(20)24)23(31)27-19-7-3-5-9-21(19)28-12-10-16(11-13-28)22(25)30/h2-9,14,16H,10-13H2,1H3,(H2,25,30)(H,27,31). The summed E-state index contributed by atoms with van der Waals surface area (Å²) in [7, 11) is 0. The van der Waals surface area contributed by atoms with E-state index >= 15 is 0 Å². The summed E-state index contributed by atoms with van der Waals surface area (Å²) in [5.74, 6) is -1.10. The van der Waals surface area contributed by atoms with Crippen LogP contribution in [0, 0.1) is 18.7 Å². The van der Waals surface area contributed by atoms with Crippen molar-refractivity contribution >= 4 is 23.2 Å². The van der Waals surface area contributed by atoms with Gasteiger partial charge in [-0.05, 0) is 44.0 Å². The van der Waals surface area contributed by atoms with Crippen molar-refractivity contribution in [3.8, 4) is 5.69 Å². The maximum absolute atomic E-state index is 14.2. The smallest absolute Gasteiger partial charge is 0.259 e. The molecule has 8 heteroatoms. The van der Waals surface area contributed by atoms with Crippen molar-refractivity contribution in [3.05, 3.63) is 71.8 Å². The van der Waals surface area contributed by atoms with Crippen molar-refractivity contribution in [1.82, 2.24) is 9.78 Å². The van der Waals surface area contributed by atoms with Crippen LogP contribution in [0.3, 0.4) is 0 Å². The number of nitrogens with one attached hydrogen (secondary N) is 1. The molecule has 0 atom stereocenters. The summed E-state index contributed by atoms with van der Waals surface area (Å²) in [5.41, 5.74) is 8.19. The van der Waals surface area contributed by atoms with E-state index in [1.54, 1.807) is 25.1 Å². The van der Waals surface area contributed by atoms with Crippen LogP contribution in [-0.2, 0) is 4.79 Å². The van der Waals surface area contributed by atoms with Gasteiger partial charge in [-0.25, -0.2) is 9.07 Å². The number of piperidine rings is 1. The summed E-state index contributed by atoms with van der Waals surface area (Å²) < 4.78 is 15.6. The number of para-hydroxylation sites is 3. The zero-order valence-electron chi connectivity index (χ0n) is 17.2. The van der Waals surface area contributed by atoms with E-state index in [1.165, 1.54) is 16.9 Å². The molecule has 1 aromatic heterocycles. The first-order valence-corrected chi connectivity index (χ1v) is 10.2. The molecular weight excluding hydrogens is 397 g/mol. The molecular formula is C23H24FN5O2. The van der Waals surface area contributed by atoms with Crippen molar-refractivity contribution in [2.75, 3.05) is 23.3 Å². The van der Waals surface area contributed by atoms with Gasteiger partial charge < -0.3 is 16.0 Å². The molecule has 1 saturated heterocycles. The van der Waals surface area contributed by atoms with Crippen LogP contribution in [-0.4, -0.2) is 34.7 Å². The molecule has 31 heavy (non-hydrogen) atoms. The lowest BCUT2D eigenvalue weighted by Crippen LogP contribution is -2.38. The zero-order valence-corrected chi connectivity index (χ0v) is 17.2. The zero-order chi connectivity index (χ0) is 22.0. The number of anilines is 2. The number of amides is 2. The Morgan fingerprint density at radius 1 is 1.06 bits per heavy atom. The van der Waals surface area contributed by atoms with Crippen LogP contribution < -0.4 is 16.0 Å². The van der Waals surface area contributed by atoms with Gasteiger partial charge in [0.2, 0.25) is 5.91 Å². The molecule has 3 aromatic rings. The molecule has 2 aromatic carbocycles. The molecule has 0 saturated carbocycles. The first-order chi connectivity index (χ1) is 15.0. The largest absolute Gasteiger partial charge is 0.370 e. The predicted octanol–water partition coefficient (Wildman–Crippen LogP) is 3.27. The van der Waals surface area contributed by atoms with E-state index in [9.17, 15) is 14.0 Å². The predicted molar refractivity (Wildman–Crippen MR) is 117 cm³/mol. The lowest BCUT2D eigenvalue weighted by molar-refractivity contribution is -0.122. The molecule has 4 rings (SSSR count). The molecule has 0 bridgehead atoms. The van der Waals surface area contributed by atoms with Crippen LogP contribution in [0.2, 0.25) is 0 Å². The highest BCUT2D eigenvalue weighted by Gasteiger charge is 2.25. The molecule has 1 aliphatic rings. The highest BCUT2D eigenvalue weighted by atomic mass is 19.1. The third-order valence-corrected chi connectivity index (χ3v) is 5.73. The fourth-order valence-electron chi connectivity index (χ4n) is 3.95. The number of primary amides is 1. The Kier molecular flexibility index (Phi) is 5.70. The summed E-state index contributed by atoms with van der Waals surface area (Å²) in [6.07, 6.45) is 2.82. The number of nitrogens with two attached hydrogens (primary N) is 1. The van der Waals surface area contributed by atoms with Gasteiger partial charge in [0, 0.05) is 19.0 Å². The van der Waals surface area contributed by atoms with Crippen LogP contribution in [0.25, 0.3) is 5.69 Å². The average molecular weight is 421 g/mol. The van der Waals surface area contributed by atoms with E-state index in [4.69, 9.17) is 5.73 Å². The minimum absolute atomic E-state index is 0.107. The molecule has 0 unspecified atom stereocenters. The van der Waals surface area contributed by atoms with Crippen molar-refractivity contribution in [2.45, 2.75) is 19.8 Å². The molecule has 2 amide bonds. The Hall–Kier alpha value is -3.68. The molecule has 0 spiro atoms. The van der Waals surface area contributed by atoms with Crippen LogP contribution in [0.5, 0.6) is 0 Å². The maximum Gasteiger partial charge on any atom is 0.259 e. The number of benzene rings is 2. The molecule has 1 aliphatic heterocycles.